The molecule has 2 N–H and O–H groups in total. The fourth-order valence-electron chi connectivity index (χ4n) is 2.25. The fraction of sp³-hybridized carbons (Fsp3) is 0.588. The SMILES string of the molecule is CCC[C@H](N)C(=O)OC(C)C(Oc1cc(F)ccc1F)C(C)C. The van der Waals surface area contributed by atoms with Gasteiger partial charge in [0.1, 0.15) is 24.1 Å². The first-order valence-corrected chi connectivity index (χ1v) is 7.84. The van der Waals surface area contributed by atoms with Crippen LogP contribution in [0.4, 0.5) is 8.78 Å². The average Bonchev–Trinajstić information content (AvgIpc) is 2.47. The molecule has 0 heterocycles. The zero-order chi connectivity index (χ0) is 17.6. The molecule has 130 valence electrons. The Labute approximate surface area is 136 Å². The van der Waals surface area contributed by atoms with E-state index in [0.29, 0.717) is 6.42 Å². The highest BCUT2D eigenvalue weighted by atomic mass is 19.1. The summed E-state index contributed by atoms with van der Waals surface area (Å²) in [7, 11) is 0. The monoisotopic (exact) mass is 329 g/mol. The minimum atomic E-state index is -0.693. The van der Waals surface area contributed by atoms with Crippen LogP contribution in [-0.4, -0.2) is 24.2 Å². The molecule has 1 aromatic rings. The van der Waals surface area contributed by atoms with E-state index in [-0.39, 0.29) is 11.7 Å². The molecular weight excluding hydrogens is 304 g/mol. The summed E-state index contributed by atoms with van der Waals surface area (Å²) >= 11 is 0. The van der Waals surface area contributed by atoms with Gasteiger partial charge in [-0.3, -0.25) is 4.79 Å². The Morgan fingerprint density at radius 2 is 1.91 bits per heavy atom. The van der Waals surface area contributed by atoms with E-state index < -0.39 is 35.9 Å². The van der Waals surface area contributed by atoms with Crippen LogP contribution in [0.3, 0.4) is 0 Å². The number of carbonyl (C=O) groups is 1. The number of carbonyl (C=O) groups excluding carboxylic acids is 1. The van der Waals surface area contributed by atoms with Crippen LogP contribution in [0.25, 0.3) is 0 Å². The summed E-state index contributed by atoms with van der Waals surface area (Å²) in [6, 6.07) is 2.29. The normalized spacial score (nSPS) is 15.1. The molecule has 1 aromatic carbocycles. The number of ether oxygens (including phenoxy) is 2. The molecule has 0 aromatic heterocycles. The first-order valence-electron chi connectivity index (χ1n) is 7.84. The van der Waals surface area contributed by atoms with E-state index in [1.54, 1.807) is 6.92 Å². The molecule has 0 amide bonds. The van der Waals surface area contributed by atoms with Gasteiger partial charge in [0.2, 0.25) is 0 Å². The molecule has 0 aliphatic heterocycles. The largest absolute Gasteiger partial charge is 0.483 e. The van der Waals surface area contributed by atoms with E-state index >= 15 is 0 Å². The highest BCUT2D eigenvalue weighted by Crippen LogP contribution is 2.24. The van der Waals surface area contributed by atoms with Gasteiger partial charge in [-0.15, -0.1) is 0 Å². The molecule has 3 atom stereocenters. The van der Waals surface area contributed by atoms with Crippen LogP contribution in [0.1, 0.15) is 40.5 Å². The third kappa shape index (κ3) is 5.78. The molecule has 0 bridgehead atoms. The first kappa shape index (κ1) is 19.4. The van der Waals surface area contributed by atoms with Crippen LogP contribution in [0.2, 0.25) is 0 Å². The van der Waals surface area contributed by atoms with Crippen molar-refractivity contribution in [1.29, 1.82) is 0 Å². The summed E-state index contributed by atoms with van der Waals surface area (Å²) in [4.78, 5) is 11.9. The summed E-state index contributed by atoms with van der Waals surface area (Å²) in [6.07, 6.45) is 0.0257. The van der Waals surface area contributed by atoms with Gasteiger partial charge in [-0.1, -0.05) is 27.2 Å². The minimum Gasteiger partial charge on any atom is -0.483 e. The number of rotatable bonds is 8. The second kappa shape index (κ2) is 8.82. The predicted molar refractivity (Wildman–Crippen MR) is 84.0 cm³/mol. The fourth-order valence-corrected chi connectivity index (χ4v) is 2.25. The second-order valence-corrected chi connectivity index (χ2v) is 5.94. The van der Waals surface area contributed by atoms with Gasteiger partial charge in [0.15, 0.2) is 11.6 Å². The van der Waals surface area contributed by atoms with Crippen LogP contribution in [0.5, 0.6) is 5.75 Å². The van der Waals surface area contributed by atoms with Crippen LogP contribution >= 0.6 is 0 Å². The second-order valence-electron chi connectivity index (χ2n) is 5.94. The van der Waals surface area contributed by atoms with Gasteiger partial charge in [0.25, 0.3) is 0 Å². The minimum absolute atomic E-state index is 0.0807. The van der Waals surface area contributed by atoms with Gasteiger partial charge in [-0.05, 0) is 31.4 Å². The Balaban J connectivity index is 2.81. The molecule has 0 aliphatic rings. The molecule has 0 aliphatic carbocycles. The van der Waals surface area contributed by atoms with E-state index in [1.807, 2.05) is 20.8 Å². The van der Waals surface area contributed by atoms with Crippen LogP contribution < -0.4 is 10.5 Å². The molecule has 6 heteroatoms. The maximum Gasteiger partial charge on any atom is 0.323 e. The van der Waals surface area contributed by atoms with Gasteiger partial charge in [-0.2, -0.15) is 0 Å². The van der Waals surface area contributed by atoms with Crippen molar-refractivity contribution in [1.82, 2.24) is 0 Å². The standard InChI is InChI=1S/C17H25F2NO3/c1-5-6-14(20)17(21)22-11(4)16(10(2)3)23-15-9-12(18)7-8-13(15)19/h7-11,14,16H,5-6,20H2,1-4H3/t11?,14-,16?/m0/s1. The smallest absolute Gasteiger partial charge is 0.323 e. The number of benzene rings is 1. The summed E-state index contributed by atoms with van der Waals surface area (Å²) in [5.41, 5.74) is 5.72. The summed E-state index contributed by atoms with van der Waals surface area (Å²) in [5, 5.41) is 0. The third-order valence-corrected chi connectivity index (χ3v) is 3.48. The lowest BCUT2D eigenvalue weighted by molar-refractivity contribution is -0.155. The van der Waals surface area contributed by atoms with Crippen LogP contribution in [0.15, 0.2) is 18.2 Å². The van der Waals surface area contributed by atoms with E-state index in [0.717, 1.165) is 24.6 Å². The Morgan fingerprint density at radius 1 is 1.26 bits per heavy atom. The number of hydrogen-bond donors (Lipinski definition) is 1. The average molecular weight is 329 g/mol. The lowest BCUT2D eigenvalue weighted by atomic mass is 10.0. The highest BCUT2D eigenvalue weighted by molar-refractivity contribution is 5.75. The van der Waals surface area contributed by atoms with E-state index in [2.05, 4.69) is 0 Å². The predicted octanol–water partition coefficient (Wildman–Crippen LogP) is 3.43. The van der Waals surface area contributed by atoms with Crippen LogP contribution in [-0.2, 0) is 9.53 Å². The Bertz CT molecular complexity index is 523. The van der Waals surface area contributed by atoms with E-state index in [1.165, 1.54) is 0 Å². The van der Waals surface area contributed by atoms with Gasteiger partial charge in [0, 0.05) is 6.07 Å². The van der Waals surface area contributed by atoms with Crippen molar-refractivity contribution < 1.29 is 23.0 Å². The maximum absolute atomic E-state index is 13.7. The zero-order valence-corrected chi connectivity index (χ0v) is 14.0. The molecule has 4 nitrogen and oxygen atoms in total. The summed E-state index contributed by atoms with van der Waals surface area (Å²) in [5.74, 6) is -2.07. The Hall–Kier alpha value is -1.69. The van der Waals surface area contributed by atoms with Crippen molar-refractivity contribution in [2.45, 2.75) is 58.8 Å². The Morgan fingerprint density at radius 3 is 2.48 bits per heavy atom. The molecular formula is C17H25F2NO3. The van der Waals surface area contributed by atoms with Gasteiger partial charge < -0.3 is 15.2 Å². The molecule has 2 unspecified atom stereocenters. The third-order valence-electron chi connectivity index (χ3n) is 3.48. The van der Waals surface area contributed by atoms with Gasteiger partial charge in [0.05, 0.1) is 0 Å². The van der Waals surface area contributed by atoms with Gasteiger partial charge in [-0.25, -0.2) is 8.78 Å². The molecule has 0 saturated carbocycles. The molecule has 0 spiro atoms. The summed E-state index contributed by atoms with van der Waals surface area (Å²) in [6.45, 7) is 7.26. The highest BCUT2D eigenvalue weighted by Gasteiger charge is 2.28. The Kier molecular flexibility index (Phi) is 7.42. The maximum atomic E-state index is 13.7. The van der Waals surface area contributed by atoms with Crippen molar-refractivity contribution in [3.05, 3.63) is 29.8 Å². The van der Waals surface area contributed by atoms with Crippen molar-refractivity contribution in [3.8, 4) is 5.75 Å². The first-order chi connectivity index (χ1) is 10.8. The molecule has 23 heavy (non-hydrogen) atoms. The van der Waals surface area contributed by atoms with Crippen molar-refractivity contribution >= 4 is 5.97 Å². The number of halogens is 2. The van der Waals surface area contributed by atoms with E-state index in [4.69, 9.17) is 15.2 Å². The molecule has 1 rings (SSSR count). The van der Waals surface area contributed by atoms with Crippen molar-refractivity contribution in [2.75, 3.05) is 0 Å². The summed E-state index contributed by atoms with van der Waals surface area (Å²) < 4.78 is 37.9. The van der Waals surface area contributed by atoms with Crippen molar-refractivity contribution in [2.24, 2.45) is 11.7 Å². The quantitative estimate of drug-likeness (QED) is 0.742. The van der Waals surface area contributed by atoms with E-state index in [9.17, 15) is 13.6 Å². The molecule has 0 fully saturated rings. The number of esters is 1. The molecule has 0 radical (unpaired) electrons. The number of nitrogens with two attached hydrogens (primary N) is 1. The lowest BCUT2D eigenvalue weighted by Crippen LogP contribution is -2.42. The zero-order valence-electron chi connectivity index (χ0n) is 14.0. The number of hydrogen-bond acceptors (Lipinski definition) is 4. The van der Waals surface area contributed by atoms with Gasteiger partial charge >= 0.3 is 5.97 Å². The van der Waals surface area contributed by atoms with Crippen molar-refractivity contribution in [3.63, 3.8) is 0 Å². The molecule has 0 saturated heterocycles. The lowest BCUT2D eigenvalue weighted by Gasteiger charge is -2.29. The topological polar surface area (TPSA) is 61.6 Å². The van der Waals surface area contributed by atoms with Crippen LogP contribution in [0, 0.1) is 17.6 Å².